The van der Waals surface area contributed by atoms with Crippen molar-refractivity contribution in [2.45, 2.75) is 58.6 Å². The highest BCUT2D eigenvalue weighted by Crippen LogP contribution is 2.42. The first kappa shape index (κ1) is 38.4. The molecule has 4 unspecified atom stereocenters. The molecule has 1 aliphatic rings. The Hall–Kier alpha value is -5.32. The van der Waals surface area contributed by atoms with Gasteiger partial charge in [0, 0.05) is 37.7 Å². The molecule has 0 spiro atoms. The first-order valence-electron chi connectivity index (χ1n) is 18.6. The van der Waals surface area contributed by atoms with Crippen LogP contribution in [0, 0.1) is 5.92 Å². The predicted octanol–water partition coefficient (Wildman–Crippen LogP) is 7.70. The van der Waals surface area contributed by atoms with Crippen molar-refractivity contribution in [3.63, 3.8) is 0 Å². The van der Waals surface area contributed by atoms with Gasteiger partial charge in [-0.25, -0.2) is 4.79 Å². The molecular formula is C45H49N3O6. The number of rotatable bonds is 15. The molecule has 1 aliphatic heterocycles. The maximum absolute atomic E-state index is 12.2. The molecule has 2 amide bonds. The fourth-order valence-corrected chi connectivity index (χ4v) is 6.75. The molecule has 0 bridgehead atoms. The van der Waals surface area contributed by atoms with E-state index in [0.29, 0.717) is 13.1 Å². The number of urea groups is 1. The molecule has 280 valence electrons. The average Bonchev–Trinajstić information content (AvgIpc) is 3.21. The second-order valence-corrected chi connectivity index (χ2v) is 13.6. The number of carbonyl (C=O) groups is 2. The van der Waals surface area contributed by atoms with Crippen LogP contribution < -0.4 is 10.6 Å². The summed E-state index contributed by atoms with van der Waals surface area (Å²) >= 11 is 0. The zero-order chi connectivity index (χ0) is 37.7. The Labute approximate surface area is 317 Å². The van der Waals surface area contributed by atoms with E-state index in [1.165, 1.54) is 11.1 Å². The summed E-state index contributed by atoms with van der Waals surface area (Å²) in [5.41, 5.74) is 8.25. The van der Waals surface area contributed by atoms with Gasteiger partial charge in [-0.3, -0.25) is 9.69 Å². The summed E-state index contributed by atoms with van der Waals surface area (Å²) in [5, 5.41) is 15.0. The quantitative estimate of drug-likeness (QED) is 0.0949. The molecule has 0 aromatic heterocycles. The predicted molar refractivity (Wildman–Crippen MR) is 209 cm³/mol. The monoisotopic (exact) mass is 727 g/mol. The molecule has 6 rings (SSSR count). The molecule has 54 heavy (non-hydrogen) atoms. The minimum atomic E-state index is -0.596. The topological polar surface area (TPSA) is 109 Å². The van der Waals surface area contributed by atoms with Crippen molar-refractivity contribution >= 4 is 12.0 Å². The SMILES string of the molecule is CCOC(=O)CNC(=O)NCc1cccc(-c2ccc(C3OC(CN(Cc4ccccc4)Cc4ccccc4)C(C)C(c4ccc(CO)cc4)O3)cc2)c1. The van der Waals surface area contributed by atoms with E-state index in [2.05, 4.69) is 95.3 Å². The Morgan fingerprint density at radius 1 is 0.704 bits per heavy atom. The molecule has 4 atom stereocenters. The second-order valence-electron chi connectivity index (χ2n) is 13.6. The van der Waals surface area contributed by atoms with Crippen LogP contribution in [0.4, 0.5) is 4.79 Å². The third kappa shape index (κ3) is 10.6. The molecule has 9 nitrogen and oxygen atoms in total. The number of hydrogen-bond donors (Lipinski definition) is 3. The highest BCUT2D eigenvalue weighted by Gasteiger charge is 2.39. The van der Waals surface area contributed by atoms with Crippen molar-refractivity contribution in [1.29, 1.82) is 0 Å². The fourth-order valence-electron chi connectivity index (χ4n) is 6.75. The third-order valence-corrected chi connectivity index (χ3v) is 9.65. The number of ether oxygens (including phenoxy) is 3. The van der Waals surface area contributed by atoms with E-state index in [1.807, 2.05) is 60.7 Å². The molecule has 1 saturated heterocycles. The Kier molecular flexibility index (Phi) is 13.6. The maximum atomic E-state index is 12.2. The van der Waals surface area contributed by atoms with Gasteiger partial charge in [-0.2, -0.15) is 0 Å². The van der Waals surface area contributed by atoms with Crippen LogP contribution in [0.3, 0.4) is 0 Å². The normalized spacial score (nSPS) is 18.2. The minimum absolute atomic E-state index is 0.0120. The van der Waals surface area contributed by atoms with Crippen LogP contribution in [-0.4, -0.2) is 47.8 Å². The van der Waals surface area contributed by atoms with E-state index in [1.54, 1.807) is 6.92 Å². The van der Waals surface area contributed by atoms with E-state index >= 15 is 0 Å². The summed E-state index contributed by atoms with van der Waals surface area (Å²) in [6.45, 7) is 6.56. The van der Waals surface area contributed by atoms with Crippen molar-refractivity contribution in [2.75, 3.05) is 19.7 Å². The Bertz CT molecular complexity index is 1880. The highest BCUT2D eigenvalue weighted by molar-refractivity contribution is 5.80. The molecule has 0 radical (unpaired) electrons. The van der Waals surface area contributed by atoms with Gasteiger partial charge in [0.1, 0.15) is 6.54 Å². The maximum Gasteiger partial charge on any atom is 0.325 e. The zero-order valence-electron chi connectivity index (χ0n) is 30.9. The van der Waals surface area contributed by atoms with E-state index in [0.717, 1.165) is 46.5 Å². The standard InChI is InChI=1S/C45H49N3O6/c1-3-52-42(50)27-47-45(51)46-26-36-15-10-16-40(25-36)37-21-23-39(24-22-37)44-53-41(32(2)43(54-44)38-19-17-35(31-49)18-20-38)30-48(28-33-11-6-4-7-12-33)29-34-13-8-5-9-14-34/h4-25,32,41,43-44,49H,3,26-31H2,1-2H3,(H2,46,47,51). The van der Waals surface area contributed by atoms with Crippen molar-refractivity contribution in [2.24, 2.45) is 5.92 Å². The number of amides is 2. The summed E-state index contributed by atoms with van der Waals surface area (Å²) in [4.78, 5) is 26.2. The van der Waals surface area contributed by atoms with Gasteiger partial charge in [-0.05, 0) is 51.9 Å². The van der Waals surface area contributed by atoms with Gasteiger partial charge >= 0.3 is 12.0 Å². The van der Waals surface area contributed by atoms with Crippen LogP contribution in [0.2, 0.25) is 0 Å². The number of hydrogen-bond acceptors (Lipinski definition) is 7. The lowest BCUT2D eigenvalue weighted by Crippen LogP contribution is -2.44. The summed E-state index contributed by atoms with van der Waals surface area (Å²) in [7, 11) is 0. The van der Waals surface area contributed by atoms with Gasteiger partial charge in [0.25, 0.3) is 0 Å². The number of carbonyl (C=O) groups excluding carboxylic acids is 2. The molecule has 0 aliphatic carbocycles. The van der Waals surface area contributed by atoms with Gasteiger partial charge in [0.2, 0.25) is 0 Å². The first-order valence-corrected chi connectivity index (χ1v) is 18.6. The highest BCUT2D eigenvalue weighted by atomic mass is 16.7. The Morgan fingerprint density at radius 3 is 1.96 bits per heavy atom. The van der Waals surface area contributed by atoms with Gasteiger partial charge < -0.3 is 30.0 Å². The van der Waals surface area contributed by atoms with Gasteiger partial charge in [0.05, 0.1) is 25.4 Å². The second kappa shape index (κ2) is 19.1. The number of esters is 1. The Morgan fingerprint density at radius 2 is 1.33 bits per heavy atom. The lowest BCUT2D eigenvalue weighted by atomic mass is 9.89. The molecule has 5 aromatic rings. The number of aliphatic hydroxyl groups is 1. The van der Waals surface area contributed by atoms with Crippen LogP contribution in [-0.2, 0) is 45.2 Å². The van der Waals surface area contributed by atoms with E-state index in [9.17, 15) is 14.7 Å². The summed E-state index contributed by atoms with van der Waals surface area (Å²) in [5.74, 6) is -0.439. The summed E-state index contributed by atoms with van der Waals surface area (Å²) in [6, 6.07) is 44.9. The van der Waals surface area contributed by atoms with Crippen molar-refractivity contribution < 1.29 is 28.9 Å². The molecule has 3 N–H and O–H groups in total. The van der Waals surface area contributed by atoms with E-state index in [-0.39, 0.29) is 37.9 Å². The average molecular weight is 728 g/mol. The molecule has 9 heteroatoms. The summed E-state index contributed by atoms with van der Waals surface area (Å²) in [6.07, 6.45) is -0.964. The molecule has 5 aromatic carbocycles. The lowest BCUT2D eigenvalue weighted by molar-refractivity contribution is -0.276. The van der Waals surface area contributed by atoms with Crippen LogP contribution in [0.5, 0.6) is 0 Å². The zero-order valence-corrected chi connectivity index (χ0v) is 30.9. The van der Waals surface area contributed by atoms with Crippen LogP contribution in [0.25, 0.3) is 11.1 Å². The van der Waals surface area contributed by atoms with Crippen molar-refractivity contribution in [1.82, 2.24) is 15.5 Å². The van der Waals surface area contributed by atoms with Crippen LogP contribution in [0.15, 0.2) is 133 Å². The smallest absolute Gasteiger partial charge is 0.325 e. The fraction of sp³-hybridized carbons (Fsp3) is 0.289. The largest absolute Gasteiger partial charge is 0.465 e. The Balaban J connectivity index is 1.20. The van der Waals surface area contributed by atoms with Gasteiger partial charge in [-0.15, -0.1) is 0 Å². The van der Waals surface area contributed by atoms with Crippen LogP contribution >= 0.6 is 0 Å². The number of nitrogens with zero attached hydrogens (tertiary/aromatic N) is 1. The van der Waals surface area contributed by atoms with E-state index < -0.39 is 18.3 Å². The number of benzene rings is 5. The minimum Gasteiger partial charge on any atom is -0.465 e. The lowest BCUT2D eigenvalue weighted by Gasteiger charge is -2.43. The van der Waals surface area contributed by atoms with E-state index in [4.69, 9.17) is 14.2 Å². The van der Waals surface area contributed by atoms with Crippen molar-refractivity contribution in [3.8, 4) is 11.1 Å². The molecule has 1 fully saturated rings. The first-order chi connectivity index (χ1) is 26.4. The molecule has 0 saturated carbocycles. The van der Waals surface area contributed by atoms with Crippen molar-refractivity contribution in [3.05, 3.63) is 167 Å². The third-order valence-electron chi connectivity index (χ3n) is 9.65. The number of aliphatic hydroxyl groups excluding tert-OH is 1. The summed E-state index contributed by atoms with van der Waals surface area (Å²) < 4.78 is 18.5. The van der Waals surface area contributed by atoms with Crippen LogP contribution in [0.1, 0.15) is 59.6 Å². The molecule has 1 heterocycles. The van der Waals surface area contributed by atoms with Gasteiger partial charge in [-0.1, -0.05) is 134 Å². The molecular weight excluding hydrogens is 679 g/mol. The number of nitrogens with one attached hydrogen (secondary N) is 2. The van der Waals surface area contributed by atoms with Gasteiger partial charge in [0.15, 0.2) is 6.29 Å².